The zero-order valence-electron chi connectivity index (χ0n) is 10.3. The van der Waals surface area contributed by atoms with E-state index in [1.807, 2.05) is 14.1 Å². The average Bonchev–Trinajstić information content (AvgIpc) is 1.99. The van der Waals surface area contributed by atoms with Crippen LogP contribution in [0.1, 0.15) is 46.0 Å². The minimum Gasteiger partial charge on any atom is -0.481 e. The van der Waals surface area contributed by atoms with Crippen molar-refractivity contribution in [2.45, 2.75) is 51.5 Å². The lowest BCUT2D eigenvalue weighted by Gasteiger charge is -2.48. The molecule has 0 aromatic rings. The largest absolute Gasteiger partial charge is 0.481 e. The van der Waals surface area contributed by atoms with E-state index in [1.54, 1.807) is 0 Å². The van der Waals surface area contributed by atoms with Crippen LogP contribution in [0.3, 0.4) is 0 Å². The Morgan fingerprint density at radius 3 is 2.33 bits per heavy atom. The summed E-state index contributed by atoms with van der Waals surface area (Å²) in [6.07, 6.45) is 4.61. The average molecular weight is 213 g/mol. The molecular weight excluding hydrogens is 190 g/mol. The fourth-order valence-corrected chi connectivity index (χ4v) is 2.94. The quantitative estimate of drug-likeness (QED) is 0.782. The molecule has 0 heterocycles. The highest BCUT2D eigenvalue weighted by Gasteiger charge is 2.42. The summed E-state index contributed by atoms with van der Waals surface area (Å²) in [6, 6.07) is 0. The predicted octanol–water partition coefficient (Wildman–Crippen LogP) is 2.36. The van der Waals surface area contributed by atoms with E-state index < -0.39 is 5.97 Å². The first-order chi connectivity index (χ1) is 6.77. The van der Waals surface area contributed by atoms with Crippen LogP contribution in [-0.4, -0.2) is 35.6 Å². The van der Waals surface area contributed by atoms with Crippen molar-refractivity contribution in [3.63, 3.8) is 0 Å². The van der Waals surface area contributed by atoms with Gasteiger partial charge in [-0.2, -0.15) is 0 Å². The van der Waals surface area contributed by atoms with Crippen molar-refractivity contribution >= 4 is 5.97 Å². The van der Waals surface area contributed by atoms with Gasteiger partial charge in [0.15, 0.2) is 0 Å². The highest BCUT2D eigenvalue weighted by atomic mass is 16.4. The molecule has 1 rings (SSSR count). The molecule has 1 fully saturated rings. The molecule has 88 valence electrons. The van der Waals surface area contributed by atoms with Gasteiger partial charge < -0.3 is 10.0 Å². The molecule has 3 heteroatoms. The zero-order valence-corrected chi connectivity index (χ0v) is 10.3. The Labute approximate surface area is 92.5 Å². The Morgan fingerprint density at radius 2 is 1.93 bits per heavy atom. The fraction of sp³-hybridized carbons (Fsp3) is 0.917. The maximum absolute atomic E-state index is 11.0. The minimum atomic E-state index is -0.679. The molecule has 3 nitrogen and oxygen atoms in total. The first kappa shape index (κ1) is 12.5. The van der Waals surface area contributed by atoms with Crippen molar-refractivity contribution in [2.75, 3.05) is 14.1 Å². The van der Waals surface area contributed by atoms with Crippen molar-refractivity contribution in [3.05, 3.63) is 0 Å². The van der Waals surface area contributed by atoms with Crippen LogP contribution in [0.5, 0.6) is 0 Å². The Bertz CT molecular complexity index is 248. The predicted molar refractivity (Wildman–Crippen MR) is 60.9 cm³/mol. The number of rotatable bonds is 3. The summed E-state index contributed by atoms with van der Waals surface area (Å²) in [5.74, 6) is -0.679. The summed E-state index contributed by atoms with van der Waals surface area (Å²) >= 11 is 0. The van der Waals surface area contributed by atoms with Crippen molar-refractivity contribution < 1.29 is 9.90 Å². The Balaban J connectivity index is 2.85. The van der Waals surface area contributed by atoms with E-state index in [2.05, 4.69) is 18.7 Å². The molecule has 1 aliphatic rings. The first-order valence-electron chi connectivity index (χ1n) is 5.67. The molecule has 0 bridgehead atoms. The second-order valence-electron chi connectivity index (χ2n) is 5.88. The van der Waals surface area contributed by atoms with Crippen LogP contribution < -0.4 is 0 Å². The highest BCUT2D eigenvalue weighted by Crippen LogP contribution is 2.44. The van der Waals surface area contributed by atoms with Gasteiger partial charge in [-0.15, -0.1) is 0 Å². The maximum Gasteiger partial charge on any atom is 0.305 e. The van der Waals surface area contributed by atoms with Gasteiger partial charge in [0.1, 0.15) is 0 Å². The fourth-order valence-electron chi connectivity index (χ4n) is 2.94. The molecule has 1 saturated carbocycles. The van der Waals surface area contributed by atoms with E-state index in [0.717, 1.165) is 19.3 Å². The van der Waals surface area contributed by atoms with Crippen LogP contribution in [0, 0.1) is 5.41 Å². The van der Waals surface area contributed by atoms with Crippen molar-refractivity contribution in [2.24, 2.45) is 5.41 Å². The van der Waals surface area contributed by atoms with Gasteiger partial charge in [-0.1, -0.05) is 20.3 Å². The number of carboxylic acids is 1. The SMILES string of the molecule is CN(C)C1(CC(=O)O)CCCC(C)(C)C1. The van der Waals surface area contributed by atoms with Gasteiger partial charge in [0.25, 0.3) is 0 Å². The Hall–Kier alpha value is -0.570. The van der Waals surface area contributed by atoms with Crippen molar-refractivity contribution in [1.82, 2.24) is 4.90 Å². The Morgan fingerprint density at radius 1 is 1.33 bits per heavy atom. The number of hydrogen-bond donors (Lipinski definition) is 1. The van der Waals surface area contributed by atoms with Gasteiger partial charge in [0.2, 0.25) is 0 Å². The number of nitrogens with zero attached hydrogens (tertiary/aromatic N) is 1. The monoisotopic (exact) mass is 213 g/mol. The summed E-state index contributed by atoms with van der Waals surface area (Å²) in [7, 11) is 4.01. The van der Waals surface area contributed by atoms with Gasteiger partial charge >= 0.3 is 5.97 Å². The van der Waals surface area contributed by atoms with Gasteiger partial charge in [-0.3, -0.25) is 4.79 Å². The van der Waals surface area contributed by atoms with Crippen LogP contribution in [0.2, 0.25) is 0 Å². The summed E-state index contributed by atoms with van der Waals surface area (Å²) in [5.41, 5.74) is 0.144. The lowest BCUT2D eigenvalue weighted by atomic mass is 9.66. The molecule has 0 aliphatic heterocycles. The number of carbonyl (C=O) groups is 1. The molecule has 1 atom stereocenters. The van der Waals surface area contributed by atoms with Crippen LogP contribution in [-0.2, 0) is 4.79 Å². The summed E-state index contributed by atoms with van der Waals surface area (Å²) in [6.45, 7) is 4.48. The molecule has 15 heavy (non-hydrogen) atoms. The number of carboxylic acid groups (broad SMARTS) is 1. The zero-order chi connectivity index (χ0) is 11.7. The molecule has 1 N–H and O–H groups in total. The van der Waals surface area contributed by atoms with E-state index in [9.17, 15) is 4.79 Å². The summed E-state index contributed by atoms with van der Waals surface area (Å²) in [4.78, 5) is 13.1. The minimum absolute atomic E-state index is 0.131. The number of hydrogen-bond acceptors (Lipinski definition) is 2. The third-order valence-electron chi connectivity index (χ3n) is 3.73. The van der Waals surface area contributed by atoms with E-state index >= 15 is 0 Å². The van der Waals surface area contributed by atoms with Crippen LogP contribution >= 0.6 is 0 Å². The third-order valence-corrected chi connectivity index (χ3v) is 3.73. The van der Waals surface area contributed by atoms with E-state index in [0.29, 0.717) is 0 Å². The normalized spacial score (nSPS) is 30.5. The Kier molecular flexibility index (Phi) is 3.44. The second-order valence-corrected chi connectivity index (χ2v) is 5.88. The molecule has 1 aliphatic carbocycles. The van der Waals surface area contributed by atoms with Crippen molar-refractivity contribution in [1.29, 1.82) is 0 Å². The molecule has 0 amide bonds. The van der Waals surface area contributed by atoms with E-state index in [1.165, 1.54) is 6.42 Å². The summed E-state index contributed by atoms with van der Waals surface area (Å²) < 4.78 is 0. The molecule has 1 unspecified atom stereocenters. The third kappa shape index (κ3) is 2.94. The van der Waals surface area contributed by atoms with Gasteiger partial charge in [-0.25, -0.2) is 0 Å². The lowest BCUT2D eigenvalue weighted by molar-refractivity contribution is -0.141. The van der Waals surface area contributed by atoms with E-state index in [-0.39, 0.29) is 17.4 Å². The molecule has 0 spiro atoms. The van der Waals surface area contributed by atoms with Crippen LogP contribution in [0.25, 0.3) is 0 Å². The lowest BCUT2D eigenvalue weighted by Crippen LogP contribution is -2.51. The summed E-state index contributed by atoms with van der Waals surface area (Å²) in [5, 5.41) is 9.02. The highest BCUT2D eigenvalue weighted by molar-refractivity contribution is 5.68. The second kappa shape index (κ2) is 4.12. The van der Waals surface area contributed by atoms with Crippen molar-refractivity contribution in [3.8, 4) is 0 Å². The molecule has 0 aromatic heterocycles. The van der Waals surface area contributed by atoms with Gasteiger partial charge in [0, 0.05) is 5.54 Å². The smallest absolute Gasteiger partial charge is 0.305 e. The van der Waals surface area contributed by atoms with Crippen LogP contribution in [0.15, 0.2) is 0 Å². The van der Waals surface area contributed by atoms with Gasteiger partial charge in [0.05, 0.1) is 6.42 Å². The molecular formula is C12H23NO2. The van der Waals surface area contributed by atoms with E-state index in [4.69, 9.17) is 5.11 Å². The van der Waals surface area contributed by atoms with Gasteiger partial charge in [-0.05, 0) is 38.8 Å². The molecule has 0 aromatic carbocycles. The number of aliphatic carboxylic acids is 1. The maximum atomic E-state index is 11.0. The topological polar surface area (TPSA) is 40.5 Å². The van der Waals surface area contributed by atoms with Crippen LogP contribution in [0.4, 0.5) is 0 Å². The standard InChI is InChI=1S/C12H23NO2/c1-11(2)6-5-7-12(9-11,13(3)4)8-10(14)15/h5-9H2,1-4H3,(H,14,15). The molecule has 0 radical (unpaired) electrons. The first-order valence-corrected chi connectivity index (χ1v) is 5.67. The molecule has 0 saturated heterocycles.